The minimum Gasteiger partial charge on any atom is -0.494 e. The van der Waals surface area contributed by atoms with Gasteiger partial charge in [0.25, 0.3) is 0 Å². The molecule has 146 valence electrons. The predicted molar refractivity (Wildman–Crippen MR) is 111 cm³/mol. The van der Waals surface area contributed by atoms with E-state index in [1.54, 1.807) is 11.3 Å². The second-order valence-corrected chi connectivity index (χ2v) is 8.45. The zero-order valence-corrected chi connectivity index (χ0v) is 17.4. The summed E-state index contributed by atoms with van der Waals surface area (Å²) in [5.74, 6) is 0.832. The lowest BCUT2D eigenvalue weighted by atomic mass is 10.1. The number of piperazine rings is 1. The number of rotatable bonds is 6. The van der Waals surface area contributed by atoms with Crippen LogP contribution in [0, 0.1) is 0 Å². The molecule has 1 N–H and O–H groups in total. The fourth-order valence-electron chi connectivity index (χ4n) is 3.17. The molecule has 27 heavy (non-hydrogen) atoms. The van der Waals surface area contributed by atoms with Crippen molar-refractivity contribution in [2.45, 2.75) is 26.4 Å². The van der Waals surface area contributed by atoms with Crippen molar-refractivity contribution < 1.29 is 9.53 Å². The molecule has 7 heteroatoms. The van der Waals surface area contributed by atoms with Crippen molar-refractivity contribution in [1.29, 1.82) is 0 Å². The average molecular weight is 408 g/mol. The molecule has 1 atom stereocenters. The molecule has 3 rings (SSSR count). The van der Waals surface area contributed by atoms with Crippen LogP contribution in [-0.2, 0) is 6.54 Å². The zero-order chi connectivity index (χ0) is 19.2. The summed E-state index contributed by atoms with van der Waals surface area (Å²) in [6.45, 7) is 8.70. The van der Waals surface area contributed by atoms with Gasteiger partial charge in [0.2, 0.25) is 0 Å². The molecule has 0 spiro atoms. The van der Waals surface area contributed by atoms with E-state index in [2.05, 4.69) is 16.3 Å². The van der Waals surface area contributed by atoms with Crippen LogP contribution >= 0.6 is 22.9 Å². The third-order valence-electron chi connectivity index (χ3n) is 4.68. The first kappa shape index (κ1) is 20.0. The lowest BCUT2D eigenvalue weighted by Crippen LogP contribution is -2.51. The summed E-state index contributed by atoms with van der Waals surface area (Å²) in [6.07, 6.45) is 0. The van der Waals surface area contributed by atoms with Gasteiger partial charge in [-0.3, -0.25) is 4.90 Å². The van der Waals surface area contributed by atoms with Crippen LogP contribution in [0.2, 0.25) is 4.34 Å². The Morgan fingerprint density at radius 2 is 2.04 bits per heavy atom. The van der Waals surface area contributed by atoms with Crippen LogP contribution in [0.15, 0.2) is 36.4 Å². The molecular weight excluding hydrogens is 382 g/mol. The number of hydrogen-bond acceptors (Lipinski definition) is 4. The van der Waals surface area contributed by atoms with E-state index in [0.717, 1.165) is 48.4 Å². The molecule has 0 bridgehead atoms. The number of carbonyl (C=O) groups excluding carboxylic acids is 1. The number of amides is 2. The first-order chi connectivity index (χ1) is 13.0. The van der Waals surface area contributed by atoms with Crippen molar-refractivity contribution in [3.05, 3.63) is 51.2 Å². The molecule has 2 amide bonds. The topological polar surface area (TPSA) is 44.8 Å². The van der Waals surface area contributed by atoms with E-state index in [4.69, 9.17) is 16.3 Å². The van der Waals surface area contributed by atoms with E-state index in [1.165, 1.54) is 4.88 Å². The third kappa shape index (κ3) is 5.61. The van der Waals surface area contributed by atoms with Crippen LogP contribution in [0.4, 0.5) is 4.79 Å². The van der Waals surface area contributed by atoms with E-state index in [-0.39, 0.29) is 12.1 Å². The highest BCUT2D eigenvalue weighted by Gasteiger charge is 2.22. The van der Waals surface area contributed by atoms with Gasteiger partial charge in [-0.05, 0) is 43.7 Å². The number of urea groups is 1. The quantitative estimate of drug-likeness (QED) is 0.772. The van der Waals surface area contributed by atoms with Gasteiger partial charge in [0.15, 0.2) is 0 Å². The van der Waals surface area contributed by atoms with Crippen molar-refractivity contribution in [2.24, 2.45) is 0 Å². The Bertz CT molecular complexity index is 759. The van der Waals surface area contributed by atoms with E-state index < -0.39 is 0 Å². The number of ether oxygens (including phenoxy) is 1. The molecule has 1 saturated heterocycles. The van der Waals surface area contributed by atoms with Gasteiger partial charge in [-0.2, -0.15) is 0 Å². The molecule has 1 aliphatic heterocycles. The Morgan fingerprint density at radius 3 is 2.70 bits per heavy atom. The normalized spacial score (nSPS) is 16.2. The van der Waals surface area contributed by atoms with Crippen molar-refractivity contribution in [3.63, 3.8) is 0 Å². The Balaban J connectivity index is 1.48. The molecule has 0 aliphatic carbocycles. The molecule has 1 unspecified atom stereocenters. The first-order valence-corrected chi connectivity index (χ1v) is 10.5. The number of benzene rings is 1. The first-order valence-electron chi connectivity index (χ1n) is 9.30. The molecule has 2 aromatic rings. The van der Waals surface area contributed by atoms with E-state index in [9.17, 15) is 4.79 Å². The van der Waals surface area contributed by atoms with Crippen LogP contribution in [-0.4, -0.2) is 48.6 Å². The Morgan fingerprint density at radius 1 is 1.26 bits per heavy atom. The summed E-state index contributed by atoms with van der Waals surface area (Å²) in [5, 5.41) is 3.10. The molecule has 1 fully saturated rings. The molecule has 0 saturated carbocycles. The monoisotopic (exact) mass is 407 g/mol. The van der Waals surface area contributed by atoms with Gasteiger partial charge in [-0.1, -0.05) is 23.7 Å². The maximum Gasteiger partial charge on any atom is 0.317 e. The third-order valence-corrected chi connectivity index (χ3v) is 5.89. The smallest absolute Gasteiger partial charge is 0.317 e. The van der Waals surface area contributed by atoms with Crippen LogP contribution < -0.4 is 10.1 Å². The van der Waals surface area contributed by atoms with Crippen LogP contribution in [0.1, 0.15) is 30.3 Å². The largest absolute Gasteiger partial charge is 0.494 e. The number of carbonyl (C=O) groups is 1. The summed E-state index contributed by atoms with van der Waals surface area (Å²) in [4.78, 5) is 18.1. The molecule has 2 heterocycles. The summed E-state index contributed by atoms with van der Waals surface area (Å²) in [7, 11) is 0. The van der Waals surface area contributed by atoms with Gasteiger partial charge < -0.3 is 15.0 Å². The van der Waals surface area contributed by atoms with Gasteiger partial charge >= 0.3 is 6.03 Å². The second-order valence-electron chi connectivity index (χ2n) is 6.65. The summed E-state index contributed by atoms with van der Waals surface area (Å²) in [6, 6.07) is 11.8. The van der Waals surface area contributed by atoms with Crippen molar-refractivity contribution in [2.75, 3.05) is 32.8 Å². The number of nitrogens with one attached hydrogen (secondary N) is 1. The standard InChI is InChI=1S/C20H26ClN3O2S/c1-3-26-17-6-4-5-16(13-17)15(2)22-20(25)24-11-9-23(10-12-24)14-18-7-8-19(21)27-18/h4-8,13,15H,3,9-12,14H2,1-2H3,(H,22,25). The summed E-state index contributed by atoms with van der Waals surface area (Å²) < 4.78 is 6.37. The minimum atomic E-state index is -0.0656. The van der Waals surface area contributed by atoms with Crippen LogP contribution in [0.25, 0.3) is 0 Å². The second kappa shape index (κ2) is 9.44. The van der Waals surface area contributed by atoms with Gasteiger partial charge in [0, 0.05) is 37.6 Å². The van der Waals surface area contributed by atoms with E-state index in [0.29, 0.717) is 6.61 Å². The van der Waals surface area contributed by atoms with Crippen LogP contribution in [0.5, 0.6) is 5.75 Å². The van der Waals surface area contributed by atoms with Crippen molar-refractivity contribution in [1.82, 2.24) is 15.1 Å². The predicted octanol–water partition coefficient (Wildman–Crippen LogP) is 4.39. The lowest BCUT2D eigenvalue weighted by Gasteiger charge is -2.35. The van der Waals surface area contributed by atoms with Gasteiger partial charge in [0.05, 0.1) is 17.0 Å². The Kier molecular flexibility index (Phi) is 6.99. The SMILES string of the molecule is CCOc1cccc(C(C)NC(=O)N2CCN(Cc3ccc(Cl)s3)CC2)c1. The maximum atomic E-state index is 12.6. The maximum absolute atomic E-state index is 12.6. The van der Waals surface area contributed by atoms with E-state index in [1.807, 2.05) is 49.1 Å². The molecule has 1 aromatic heterocycles. The highest BCUT2D eigenvalue weighted by molar-refractivity contribution is 7.16. The average Bonchev–Trinajstić information content (AvgIpc) is 3.07. The van der Waals surface area contributed by atoms with Gasteiger partial charge in [0.1, 0.15) is 5.75 Å². The number of thiophene rings is 1. The fourth-order valence-corrected chi connectivity index (χ4v) is 4.30. The summed E-state index contributed by atoms with van der Waals surface area (Å²) in [5.41, 5.74) is 1.04. The molecule has 0 radical (unpaired) electrons. The molecule has 5 nitrogen and oxygen atoms in total. The number of halogens is 1. The van der Waals surface area contributed by atoms with Gasteiger partial charge in [-0.15, -0.1) is 11.3 Å². The van der Waals surface area contributed by atoms with E-state index >= 15 is 0 Å². The highest BCUT2D eigenvalue weighted by Crippen LogP contribution is 2.23. The van der Waals surface area contributed by atoms with Gasteiger partial charge in [-0.25, -0.2) is 4.79 Å². The van der Waals surface area contributed by atoms with Crippen molar-refractivity contribution in [3.8, 4) is 5.75 Å². The summed E-state index contributed by atoms with van der Waals surface area (Å²) >= 11 is 7.62. The lowest BCUT2D eigenvalue weighted by molar-refractivity contribution is 0.134. The zero-order valence-electron chi connectivity index (χ0n) is 15.8. The Hall–Kier alpha value is -1.76. The number of hydrogen-bond donors (Lipinski definition) is 1. The molecule has 1 aromatic carbocycles. The highest BCUT2D eigenvalue weighted by atomic mass is 35.5. The number of nitrogens with zero attached hydrogens (tertiary/aromatic N) is 2. The minimum absolute atomic E-state index is 0.0110. The molecular formula is C20H26ClN3O2S. The molecule has 1 aliphatic rings. The van der Waals surface area contributed by atoms with Crippen LogP contribution in [0.3, 0.4) is 0 Å². The Labute approximate surface area is 169 Å². The fraction of sp³-hybridized carbons (Fsp3) is 0.450. The van der Waals surface area contributed by atoms with Crippen molar-refractivity contribution >= 4 is 29.0 Å².